The van der Waals surface area contributed by atoms with Crippen LogP contribution < -0.4 is 4.74 Å². The molecule has 1 aliphatic heterocycles. The van der Waals surface area contributed by atoms with E-state index in [1.165, 1.54) is 0 Å². The van der Waals surface area contributed by atoms with Crippen molar-refractivity contribution in [2.45, 2.75) is 19.1 Å². The maximum Gasteiger partial charge on any atom is 0.303 e. The van der Waals surface area contributed by atoms with Crippen molar-refractivity contribution >= 4 is 11.5 Å². The van der Waals surface area contributed by atoms with Crippen LogP contribution in [0, 0.1) is 0 Å². The third-order valence-electron chi connectivity index (χ3n) is 2.58. The Morgan fingerprint density at radius 3 is 2.76 bits per heavy atom. The van der Waals surface area contributed by atoms with Gasteiger partial charge >= 0.3 is 5.97 Å². The van der Waals surface area contributed by atoms with E-state index in [0.29, 0.717) is 16.9 Å². The van der Waals surface area contributed by atoms with Crippen molar-refractivity contribution in [2.75, 3.05) is 0 Å². The van der Waals surface area contributed by atoms with Gasteiger partial charge in [-0.15, -0.1) is 0 Å². The summed E-state index contributed by atoms with van der Waals surface area (Å²) in [4.78, 5) is 10.5. The quantitative estimate of drug-likeness (QED) is 0.740. The molecule has 0 radical (unpaired) electrons. The standard InChI is InChI=1S/C12H12O5/c13-10(14)6-5-8-7-3-1-2-4-9(7)17-12(16)11(8)15/h1-4,12,15-16H,5-6H2,(H,13,14). The maximum atomic E-state index is 10.5. The highest BCUT2D eigenvalue weighted by molar-refractivity contribution is 5.77. The Labute approximate surface area is 97.6 Å². The number of aliphatic hydroxyl groups is 2. The molecule has 0 bridgehead atoms. The molecule has 0 fully saturated rings. The van der Waals surface area contributed by atoms with Crippen LogP contribution in [0.5, 0.6) is 5.75 Å². The number of para-hydroxylation sites is 1. The highest BCUT2D eigenvalue weighted by Crippen LogP contribution is 2.36. The SMILES string of the molecule is O=C(O)CCC1=C(O)C(O)Oc2ccccc21. The normalized spacial score (nSPS) is 18.5. The molecule has 0 aromatic heterocycles. The molecule has 2 rings (SSSR count). The van der Waals surface area contributed by atoms with Gasteiger partial charge < -0.3 is 20.1 Å². The van der Waals surface area contributed by atoms with Crippen LogP contribution >= 0.6 is 0 Å². The first-order chi connectivity index (χ1) is 8.09. The highest BCUT2D eigenvalue weighted by atomic mass is 16.6. The Hall–Kier alpha value is -2.01. The van der Waals surface area contributed by atoms with Gasteiger partial charge in [0.1, 0.15) is 5.75 Å². The lowest BCUT2D eigenvalue weighted by Gasteiger charge is -2.24. The predicted molar refractivity (Wildman–Crippen MR) is 59.5 cm³/mol. The van der Waals surface area contributed by atoms with Gasteiger partial charge in [-0.05, 0) is 12.5 Å². The molecule has 1 heterocycles. The first kappa shape index (κ1) is 11.5. The number of benzene rings is 1. The second-order valence-electron chi connectivity index (χ2n) is 3.72. The number of rotatable bonds is 3. The van der Waals surface area contributed by atoms with Crippen LogP contribution in [0.25, 0.3) is 5.57 Å². The van der Waals surface area contributed by atoms with Crippen molar-refractivity contribution in [2.24, 2.45) is 0 Å². The summed E-state index contributed by atoms with van der Waals surface area (Å²) in [5.41, 5.74) is 1.04. The number of ether oxygens (including phenoxy) is 1. The average Bonchev–Trinajstić information content (AvgIpc) is 2.29. The number of carboxylic acid groups (broad SMARTS) is 1. The molecule has 0 saturated heterocycles. The summed E-state index contributed by atoms with van der Waals surface area (Å²) in [5, 5.41) is 27.8. The minimum atomic E-state index is -1.42. The number of aliphatic hydroxyl groups excluding tert-OH is 2. The molecular formula is C12H12O5. The molecule has 0 aliphatic carbocycles. The predicted octanol–water partition coefficient (Wildman–Crippen LogP) is 1.53. The molecule has 0 saturated carbocycles. The molecule has 1 unspecified atom stereocenters. The van der Waals surface area contributed by atoms with E-state index < -0.39 is 12.3 Å². The van der Waals surface area contributed by atoms with Crippen LogP contribution in [-0.2, 0) is 4.79 Å². The summed E-state index contributed by atoms with van der Waals surface area (Å²) in [6, 6.07) is 6.87. The van der Waals surface area contributed by atoms with Gasteiger partial charge in [-0.1, -0.05) is 18.2 Å². The second-order valence-corrected chi connectivity index (χ2v) is 3.72. The number of aliphatic carboxylic acids is 1. The van der Waals surface area contributed by atoms with E-state index in [9.17, 15) is 15.0 Å². The van der Waals surface area contributed by atoms with Crippen molar-refractivity contribution in [3.63, 3.8) is 0 Å². The van der Waals surface area contributed by atoms with Gasteiger partial charge in [0.25, 0.3) is 6.29 Å². The minimum Gasteiger partial charge on any atom is -0.506 e. The first-order valence-electron chi connectivity index (χ1n) is 5.17. The molecular weight excluding hydrogens is 224 g/mol. The largest absolute Gasteiger partial charge is 0.506 e. The molecule has 1 aromatic rings. The Balaban J connectivity index is 2.37. The number of carboxylic acids is 1. The number of carbonyl (C=O) groups is 1. The molecule has 3 N–H and O–H groups in total. The second kappa shape index (κ2) is 4.47. The van der Waals surface area contributed by atoms with Crippen LogP contribution in [0.2, 0.25) is 0 Å². The van der Waals surface area contributed by atoms with Crippen molar-refractivity contribution in [1.82, 2.24) is 0 Å². The van der Waals surface area contributed by atoms with Crippen molar-refractivity contribution in [3.8, 4) is 5.75 Å². The summed E-state index contributed by atoms with van der Waals surface area (Å²) < 4.78 is 5.08. The lowest BCUT2D eigenvalue weighted by atomic mass is 9.97. The van der Waals surface area contributed by atoms with Crippen LogP contribution in [0.1, 0.15) is 18.4 Å². The smallest absolute Gasteiger partial charge is 0.303 e. The van der Waals surface area contributed by atoms with Gasteiger partial charge in [-0.2, -0.15) is 0 Å². The zero-order chi connectivity index (χ0) is 12.4. The van der Waals surface area contributed by atoms with Crippen LogP contribution in [-0.4, -0.2) is 27.6 Å². The van der Waals surface area contributed by atoms with E-state index in [4.69, 9.17) is 9.84 Å². The summed E-state index contributed by atoms with van der Waals surface area (Å²) in [7, 11) is 0. The van der Waals surface area contributed by atoms with Crippen molar-refractivity contribution < 1.29 is 24.9 Å². The number of hydrogen-bond donors (Lipinski definition) is 3. The average molecular weight is 236 g/mol. The minimum absolute atomic E-state index is 0.111. The third kappa shape index (κ3) is 2.24. The van der Waals surface area contributed by atoms with Gasteiger partial charge in [0.15, 0.2) is 5.76 Å². The number of allylic oxidation sites excluding steroid dienone is 1. The molecule has 1 aromatic carbocycles. The molecule has 5 nitrogen and oxygen atoms in total. The fourth-order valence-electron chi connectivity index (χ4n) is 1.78. The van der Waals surface area contributed by atoms with Gasteiger partial charge in [-0.25, -0.2) is 0 Å². The Bertz CT molecular complexity index is 478. The van der Waals surface area contributed by atoms with E-state index >= 15 is 0 Å². The number of hydrogen-bond acceptors (Lipinski definition) is 4. The Morgan fingerprint density at radius 2 is 2.06 bits per heavy atom. The fourth-order valence-corrected chi connectivity index (χ4v) is 1.78. The zero-order valence-corrected chi connectivity index (χ0v) is 8.96. The lowest BCUT2D eigenvalue weighted by molar-refractivity contribution is -0.136. The van der Waals surface area contributed by atoms with E-state index in [2.05, 4.69) is 0 Å². The molecule has 1 atom stereocenters. The van der Waals surface area contributed by atoms with Crippen LogP contribution in [0.3, 0.4) is 0 Å². The molecule has 5 heteroatoms. The fraction of sp³-hybridized carbons (Fsp3) is 0.250. The van der Waals surface area contributed by atoms with E-state index in [0.717, 1.165) is 0 Å². The van der Waals surface area contributed by atoms with E-state index in [1.807, 2.05) is 0 Å². The molecule has 1 aliphatic rings. The third-order valence-corrected chi connectivity index (χ3v) is 2.58. The summed E-state index contributed by atoms with van der Waals surface area (Å²) in [5.74, 6) is -0.827. The van der Waals surface area contributed by atoms with Crippen molar-refractivity contribution in [1.29, 1.82) is 0 Å². The summed E-state index contributed by atoms with van der Waals surface area (Å²) in [6.07, 6.45) is -1.38. The maximum absolute atomic E-state index is 10.5. The summed E-state index contributed by atoms with van der Waals surface area (Å²) in [6.45, 7) is 0. The molecule has 0 amide bonds. The van der Waals surface area contributed by atoms with Gasteiger partial charge in [0.2, 0.25) is 0 Å². The molecule has 0 spiro atoms. The van der Waals surface area contributed by atoms with Gasteiger partial charge in [-0.3, -0.25) is 4.79 Å². The van der Waals surface area contributed by atoms with E-state index in [1.54, 1.807) is 24.3 Å². The van der Waals surface area contributed by atoms with Crippen LogP contribution in [0.15, 0.2) is 30.0 Å². The lowest BCUT2D eigenvalue weighted by Crippen LogP contribution is -2.24. The summed E-state index contributed by atoms with van der Waals surface area (Å²) >= 11 is 0. The highest BCUT2D eigenvalue weighted by Gasteiger charge is 2.26. The first-order valence-corrected chi connectivity index (χ1v) is 5.17. The topological polar surface area (TPSA) is 87.0 Å². The zero-order valence-electron chi connectivity index (χ0n) is 8.96. The number of fused-ring (bicyclic) bond motifs is 1. The van der Waals surface area contributed by atoms with Crippen molar-refractivity contribution in [3.05, 3.63) is 35.6 Å². The van der Waals surface area contributed by atoms with Gasteiger partial charge in [0.05, 0.1) is 0 Å². The Kier molecular flexibility index (Phi) is 3.01. The Morgan fingerprint density at radius 1 is 1.35 bits per heavy atom. The van der Waals surface area contributed by atoms with Gasteiger partial charge in [0, 0.05) is 17.6 Å². The molecule has 17 heavy (non-hydrogen) atoms. The van der Waals surface area contributed by atoms with E-state index in [-0.39, 0.29) is 18.6 Å². The van der Waals surface area contributed by atoms with Crippen LogP contribution in [0.4, 0.5) is 0 Å². The monoisotopic (exact) mass is 236 g/mol. The molecule has 90 valence electrons.